The van der Waals surface area contributed by atoms with Crippen LogP contribution < -0.4 is 5.32 Å². The molecule has 1 amide bonds. The minimum absolute atomic E-state index is 0.00603. The van der Waals surface area contributed by atoms with Crippen molar-refractivity contribution >= 4 is 11.9 Å². The molecular weight excluding hydrogens is 297 g/mol. The van der Waals surface area contributed by atoms with Gasteiger partial charge in [-0.25, -0.2) is 4.39 Å². The topological polar surface area (TPSA) is 68.0 Å². The van der Waals surface area contributed by atoms with Crippen molar-refractivity contribution in [1.29, 1.82) is 0 Å². The highest BCUT2D eigenvalue weighted by Crippen LogP contribution is 2.20. The summed E-state index contributed by atoms with van der Waals surface area (Å²) in [7, 11) is 0. The van der Waals surface area contributed by atoms with E-state index in [4.69, 9.17) is 4.42 Å². The molecule has 1 N–H and O–H groups in total. The smallest absolute Gasteiger partial charge is 0.322 e. The van der Waals surface area contributed by atoms with Crippen LogP contribution in [0.25, 0.3) is 11.5 Å². The number of rotatable bonds is 3. The molecule has 116 valence electrons. The maximum absolute atomic E-state index is 12.9. The van der Waals surface area contributed by atoms with E-state index in [0.717, 1.165) is 11.1 Å². The second-order valence-corrected chi connectivity index (χ2v) is 5.25. The summed E-state index contributed by atoms with van der Waals surface area (Å²) in [5.41, 5.74) is 3.08. The molecule has 0 aliphatic rings. The van der Waals surface area contributed by atoms with Gasteiger partial charge < -0.3 is 4.42 Å². The van der Waals surface area contributed by atoms with Gasteiger partial charge in [0.05, 0.1) is 0 Å². The Morgan fingerprint density at radius 1 is 1.04 bits per heavy atom. The fourth-order valence-electron chi connectivity index (χ4n) is 2.26. The second kappa shape index (κ2) is 6.00. The van der Waals surface area contributed by atoms with E-state index in [1.54, 1.807) is 12.1 Å². The zero-order valence-electron chi connectivity index (χ0n) is 12.6. The average Bonchev–Trinajstić information content (AvgIpc) is 2.95. The van der Waals surface area contributed by atoms with Gasteiger partial charge >= 0.3 is 6.01 Å². The van der Waals surface area contributed by atoms with E-state index in [9.17, 15) is 9.18 Å². The van der Waals surface area contributed by atoms with E-state index >= 15 is 0 Å². The van der Waals surface area contributed by atoms with Crippen molar-refractivity contribution in [2.75, 3.05) is 5.32 Å². The van der Waals surface area contributed by atoms with Crippen molar-refractivity contribution < 1.29 is 13.6 Å². The lowest BCUT2D eigenvalue weighted by Crippen LogP contribution is -2.12. The van der Waals surface area contributed by atoms with Crippen LogP contribution in [0.2, 0.25) is 0 Å². The summed E-state index contributed by atoms with van der Waals surface area (Å²) in [6.07, 6.45) is 0. The van der Waals surface area contributed by atoms with E-state index in [1.165, 1.54) is 24.3 Å². The van der Waals surface area contributed by atoms with Gasteiger partial charge in [0, 0.05) is 11.1 Å². The molecule has 0 saturated heterocycles. The maximum Gasteiger partial charge on any atom is 0.322 e. The van der Waals surface area contributed by atoms with Crippen LogP contribution in [0, 0.1) is 19.7 Å². The summed E-state index contributed by atoms with van der Waals surface area (Å²) in [6, 6.07) is 11.2. The lowest BCUT2D eigenvalue weighted by atomic mass is 10.1. The summed E-state index contributed by atoms with van der Waals surface area (Å²) < 4.78 is 18.3. The number of anilines is 1. The van der Waals surface area contributed by atoms with Crippen LogP contribution in [-0.2, 0) is 0 Å². The van der Waals surface area contributed by atoms with Crippen molar-refractivity contribution in [3.63, 3.8) is 0 Å². The monoisotopic (exact) mass is 311 g/mol. The first-order chi connectivity index (χ1) is 11.0. The molecule has 6 heteroatoms. The van der Waals surface area contributed by atoms with Crippen LogP contribution in [-0.4, -0.2) is 16.1 Å². The molecule has 0 radical (unpaired) electrons. The van der Waals surface area contributed by atoms with E-state index in [0.29, 0.717) is 11.1 Å². The van der Waals surface area contributed by atoms with E-state index in [2.05, 4.69) is 15.5 Å². The number of carbonyl (C=O) groups excluding carboxylic acids is 1. The van der Waals surface area contributed by atoms with E-state index in [-0.39, 0.29) is 23.6 Å². The van der Waals surface area contributed by atoms with Crippen LogP contribution in [0.4, 0.5) is 10.4 Å². The summed E-state index contributed by atoms with van der Waals surface area (Å²) in [5, 5.41) is 10.2. The number of hydrogen-bond donors (Lipinski definition) is 1. The molecule has 0 saturated carbocycles. The molecule has 0 bridgehead atoms. The zero-order chi connectivity index (χ0) is 16.4. The van der Waals surface area contributed by atoms with E-state index < -0.39 is 0 Å². The SMILES string of the molecule is Cc1cc(C)cc(C(=O)Nc2nnc(-c3ccc(F)cc3)o2)c1. The van der Waals surface area contributed by atoms with Crippen LogP contribution >= 0.6 is 0 Å². The molecule has 1 aromatic heterocycles. The van der Waals surface area contributed by atoms with Gasteiger partial charge in [0.2, 0.25) is 5.89 Å². The number of hydrogen-bond acceptors (Lipinski definition) is 4. The van der Waals surface area contributed by atoms with Crippen molar-refractivity contribution in [2.24, 2.45) is 0 Å². The Kier molecular flexibility index (Phi) is 3.89. The molecule has 3 rings (SSSR count). The number of halogens is 1. The van der Waals surface area contributed by atoms with Crippen molar-refractivity contribution in [3.05, 3.63) is 65.0 Å². The normalized spacial score (nSPS) is 10.6. The Bertz CT molecular complexity index is 836. The minimum atomic E-state index is -0.350. The summed E-state index contributed by atoms with van der Waals surface area (Å²) >= 11 is 0. The van der Waals surface area contributed by atoms with Crippen LogP contribution in [0.3, 0.4) is 0 Å². The molecule has 0 spiro atoms. The van der Waals surface area contributed by atoms with Gasteiger partial charge in [0.15, 0.2) is 0 Å². The number of carbonyl (C=O) groups is 1. The highest BCUT2D eigenvalue weighted by atomic mass is 19.1. The Labute approximate surface area is 132 Å². The number of aryl methyl sites for hydroxylation is 2. The Morgan fingerprint density at radius 2 is 1.70 bits per heavy atom. The highest BCUT2D eigenvalue weighted by molar-refractivity contribution is 6.03. The molecule has 23 heavy (non-hydrogen) atoms. The molecule has 0 atom stereocenters. The third kappa shape index (κ3) is 3.42. The molecule has 1 heterocycles. The zero-order valence-corrected chi connectivity index (χ0v) is 12.6. The van der Waals surface area contributed by atoms with E-state index in [1.807, 2.05) is 19.9 Å². The molecule has 0 unspecified atom stereocenters. The second-order valence-electron chi connectivity index (χ2n) is 5.25. The largest absolute Gasteiger partial charge is 0.403 e. The molecule has 5 nitrogen and oxygen atoms in total. The standard InChI is InChI=1S/C17H14FN3O2/c1-10-7-11(2)9-13(8-10)15(22)19-17-21-20-16(23-17)12-3-5-14(18)6-4-12/h3-9H,1-2H3,(H,19,21,22). The quantitative estimate of drug-likeness (QED) is 0.800. The third-order valence-corrected chi connectivity index (χ3v) is 3.22. The van der Waals surface area contributed by atoms with Gasteiger partial charge in [-0.1, -0.05) is 22.3 Å². The van der Waals surface area contributed by atoms with Gasteiger partial charge in [0.25, 0.3) is 5.91 Å². The highest BCUT2D eigenvalue weighted by Gasteiger charge is 2.13. The molecular formula is C17H14FN3O2. The predicted octanol–water partition coefficient (Wildman–Crippen LogP) is 3.74. The fourth-order valence-corrected chi connectivity index (χ4v) is 2.26. The van der Waals surface area contributed by atoms with Crippen LogP contribution in [0.1, 0.15) is 21.5 Å². The van der Waals surface area contributed by atoms with Crippen LogP contribution in [0.15, 0.2) is 46.9 Å². The number of nitrogens with zero attached hydrogens (tertiary/aromatic N) is 2. The van der Waals surface area contributed by atoms with Gasteiger partial charge in [-0.3, -0.25) is 10.1 Å². The average molecular weight is 311 g/mol. The first-order valence-corrected chi connectivity index (χ1v) is 7.00. The first-order valence-electron chi connectivity index (χ1n) is 7.00. The number of nitrogens with one attached hydrogen (secondary N) is 1. The molecule has 2 aromatic carbocycles. The van der Waals surface area contributed by atoms with Gasteiger partial charge in [-0.15, -0.1) is 5.10 Å². The van der Waals surface area contributed by atoms with Crippen molar-refractivity contribution in [2.45, 2.75) is 13.8 Å². The van der Waals surface area contributed by atoms with Crippen molar-refractivity contribution in [1.82, 2.24) is 10.2 Å². The number of aromatic nitrogens is 2. The number of amides is 1. The predicted molar refractivity (Wildman–Crippen MR) is 83.6 cm³/mol. The summed E-state index contributed by atoms with van der Waals surface area (Å²) in [5.74, 6) is -0.469. The minimum Gasteiger partial charge on any atom is -0.403 e. The van der Waals surface area contributed by atoms with Gasteiger partial charge in [0.1, 0.15) is 5.82 Å². The molecule has 0 aliphatic carbocycles. The molecule has 0 aliphatic heterocycles. The Hall–Kier alpha value is -3.02. The lowest BCUT2D eigenvalue weighted by molar-refractivity contribution is 0.102. The van der Waals surface area contributed by atoms with Crippen LogP contribution in [0.5, 0.6) is 0 Å². The molecule has 3 aromatic rings. The fraction of sp³-hybridized carbons (Fsp3) is 0.118. The van der Waals surface area contributed by atoms with Gasteiger partial charge in [-0.2, -0.15) is 0 Å². The Morgan fingerprint density at radius 3 is 2.35 bits per heavy atom. The van der Waals surface area contributed by atoms with Gasteiger partial charge in [-0.05, 0) is 50.2 Å². The maximum atomic E-state index is 12.9. The lowest BCUT2D eigenvalue weighted by Gasteiger charge is -2.03. The number of benzene rings is 2. The first kappa shape index (κ1) is 14.9. The summed E-state index contributed by atoms with van der Waals surface area (Å²) in [6.45, 7) is 3.84. The Balaban J connectivity index is 1.78. The third-order valence-electron chi connectivity index (χ3n) is 3.22. The summed E-state index contributed by atoms with van der Waals surface area (Å²) in [4.78, 5) is 12.2. The molecule has 0 fully saturated rings. The van der Waals surface area contributed by atoms with Crippen molar-refractivity contribution in [3.8, 4) is 11.5 Å².